The van der Waals surface area contributed by atoms with Crippen molar-refractivity contribution in [1.82, 2.24) is 0 Å². The number of rotatable bonds is 1. The summed E-state index contributed by atoms with van der Waals surface area (Å²) in [5.74, 6) is 0. The van der Waals surface area contributed by atoms with Gasteiger partial charge in [0.05, 0.1) is 0 Å². The standard InChI is InChI=1S/C10H14/c1-8(2)6-10-5-4-9(3)7-10/h4,6-7H,5H2,1-3H3. The molecule has 0 amide bonds. The zero-order chi connectivity index (χ0) is 7.56. The third kappa shape index (κ3) is 1.87. The fourth-order valence-electron chi connectivity index (χ4n) is 1.16. The SMILES string of the molecule is CC(C)=CC1=CC(C)=CC1. The second kappa shape index (κ2) is 2.87. The van der Waals surface area contributed by atoms with Gasteiger partial charge in [-0.2, -0.15) is 0 Å². The molecule has 1 aliphatic carbocycles. The molecule has 10 heavy (non-hydrogen) atoms. The summed E-state index contributed by atoms with van der Waals surface area (Å²) in [6, 6.07) is 0. The van der Waals surface area contributed by atoms with E-state index in [4.69, 9.17) is 0 Å². The Bertz CT molecular complexity index is 210. The Morgan fingerprint density at radius 2 is 2.20 bits per heavy atom. The van der Waals surface area contributed by atoms with Crippen molar-refractivity contribution in [3.8, 4) is 0 Å². The third-order valence-corrected chi connectivity index (χ3v) is 1.55. The lowest BCUT2D eigenvalue weighted by atomic mass is 10.2. The van der Waals surface area contributed by atoms with Gasteiger partial charge >= 0.3 is 0 Å². The lowest BCUT2D eigenvalue weighted by Gasteiger charge is -1.91. The molecular formula is C10H14. The van der Waals surface area contributed by atoms with Crippen LogP contribution in [-0.4, -0.2) is 0 Å². The number of hydrogen-bond acceptors (Lipinski definition) is 0. The molecule has 0 aromatic rings. The normalized spacial score (nSPS) is 16.3. The maximum Gasteiger partial charge on any atom is -0.00916 e. The van der Waals surface area contributed by atoms with E-state index in [0.29, 0.717) is 0 Å². The van der Waals surface area contributed by atoms with Crippen molar-refractivity contribution in [2.75, 3.05) is 0 Å². The first-order valence-electron chi connectivity index (χ1n) is 3.71. The predicted octanol–water partition coefficient (Wildman–Crippen LogP) is 3.23. The molecular weight excluding hydrogens is 120 g/mol. The van der Waals surface area contributed by atoms with Crippen LogP contribution in [0.3, 0.4) is 0 Å². The highest BCUT2D eigenvalue weighted by Gasteiger charge is 1.98. The largest absolute Gasteiger partial charge is 0.0772 e. The molecule has 0 nitrogen and oxygen atoms in total. The van der Waals surface area contributed by atoms with Crippen LogP contribution in [0.2, 0.25) is 0 Å². The molecule has 1 rings (SSSR count). The molecule has 0 heteroatoms. The van der Waals surface area contributed by atoms with Crippen molar-refractivity contribution < 1.29 is 0 Å². The Morgan fingerprint density at radius 3 is 2.60 bits per heavy atom. The highest BCUT2D eigenvalue weighted by atomic mass is 14.0. The van der Waals surface area contributed by atoms with Crippen molar-refractivity contribution in [2.24, 2.45) is 0 Å². The van der Waals surface area contributed by atoms with Crippen LogP contribution in [0.1, 0.15) is 27.2 Å². The molecule has 0 N–H and O–H groups in total. The molecule has 0 unspecified atom stereocenters. The lowest BCUT2D eigenvalue weighted by molar-refractivity contribution is 1.28. The minimum atomic E-state index is 1.12. The molecule has 54 valence electrons. The summed E-state index contributed by atoms with van der Waals surface area (Å²) in [4.78, 5) is 0. The molecule has 0 spiro atoms. The van der Waals surface area contributed by atoms with Gasteiger partial charge in [-0.15, -0.1) is 0 Å². The quantitative estimate of drug-likeness (QED) is 0.516. The summed E-state index contributed by atoms with van der Waals surface area (Å²) in [5.41, 5.74) is 4.22. The summed E-state index contributed by atoms with van der Waals surface area (Å²) in [6.07, 6.45) is 7.87. The highest BCUT2D eigenvalue weighted by Crippen LogP contribution is 2.18. The van der Waals surface area contributed by atoms with E-state index < -0.39 is 0 Å². The second-order valence-electron chi connectivity index (χ2n) is 3.09. The van der Waals surface area contributed by atoms with Gasteiger partial charge in [0.25, 0.3) is 0 Å². The maximum atomic E-state index is 2.26. The van der Waals surface area contributed by atoms with Crippen LogP contribution in [0.25, 0.3) is 0 Å². The van der Waals surface area contributed by atoms with Gasteiger partial charge in [0, 0.05) is 0 Å². The molecule has 0 saturated heterocycles. The summed E-state index contributed by atoms with van der Waals surface area (Å²) in [7, 11) is 0. The molecule has 0 fully saturated rings. The Labute approximate surface area is 62.9 Å². The van der Waals surface area contributed by atoms with Gasteiger partial charge in [0.1, 0.15) is 0 Å². The van der Waals surface area contributed by atoms with Crippen molar-refractivity contribution >= 4 is 0 Å². The van der Waals surface area contributed by atoms with E-state index in [1.165, 1.54) is 16.7 Å². The van der Waals surface area contributed by atoms with Crippen LogP contribution in [0.15, 0.2) is 34.9 Å². The smallest absolute Gasteiger partial charge is 0.00916 e. The van der Waals surface area contributed by atoms with Crippen molar-refractivity contribution in [3.63, 3.8) is 0 Å². The summed E-state index contributed by atoms with van der Waals surface area (Å²) < 4.78 is 0. The van der Waals surface area contributed by atoms with E-state index in [9.17, 15) is 0 Å². The minimum absolute atomic E-state index is 1.12. The average Bonchev–Trinajstić information content (AvgIpc) is 2.13. The topological polar surface area (TPSA) is 0 Å². The van der Waals surface area contributed by atoms with Crippen LogP contribution >= 0.6 is 0 Å². The van der Waals surface area contributed by atoms with Gasteiger partial charge in [0.15, 0.2) is 0 Å². The van der Waals surface area contributed by atoms with E-state index in [1.807, 2.05) is 0 Å². The van der Waals surface area contributed by atoms with Crippen LogP contribution in [0.5, 0.6) is 0 Å². The maximum absolute atomic E-state index is 2.26. The fraction of sp³-hybridized carbons (Fsp3) is 0.400. The first kappa shape index (κ1) is 7.33. The molecule has 0 bridgehead atoms. The first-order chi connectivity index (χ1) is 4.68. The molecule has 0 saturated carbocycles. The zero-order valence-electron chi connectivity index (χ0n) is 6.94. The Kier molecular flexibility index (Phi) is 2.10. The number of allylic oxidation sites excluding steroid dienone is 6. The molecule has 0 aromatic heterocycles. The van der Waals surface area contributed by atoms with Gasteiger partial charge in [-0.05, 0) is 32.8 Å². The van der Waals surface area contributed by atoms with E-state index >= 15 is 0 Å². The molecule has 1 aliphatic rings. The van der Waals surface area contributed by atoms with E-state index in [-0.39, 0.29) is 0 Å². The Balaban J connectivity index is 2.65. The van der Waals surface area contributed by atoms with Gasteiger partial charge in [0.2, 0.25) is 0 Å². The monoisotopic (exact) mass is 134 g/mol. The van der Waals surface area contributed by atoms with Crippen molar-refractivity contribution in [2.45, 2.75) is 27.2 Å². The summed E-state index contributed by atoms with van der Waals surface area (Å²) >= 11 is 0. The van der Waals surface area contributed by atoms with Crippen molar-refractivity contribution in [3.05, 3.63) is 34.9 Å². The average molecular weight is 134 g/mol. The van der Waals surface area contributed by atoms with E-state index in [0.717, 1.165) is 6.42 Å². The summed E-state index contributed by atoms with van der Waals surface area (Å²) in [6.45, 7) is 6.41. The van der Waals surface area contributed by atoms with Crippen LogP contribution in [-0.2, 0) is 0 Å². The van der Waals surface area contributed by atoms with E-state index in [2.05, 4.69) is 39.0 Å². The summed E-state index contributed by atoms with van der Waals surface area (Å²) in [5, 5.41) is 0. The third-order valence-electron chi connectivity index (χ3n) is 1.55. The molecule has 0 atom stereocenters. The van der Waals surface area contributed by atoms with Crippen LogP contribution in [0.4, 0.5) is 0 Å². The Morgan fingerprint density at radius 1 is 1.50 bits per heavy atom. The Hall–Kier alpha value is -0.780. The van der Waals surface area contributed by atoms with Gasteiger partial charge in [-0.1, -0.05) is 29.4 Å². The van der Waals surface area contributed by atoms with Gasteiger partial charge in [-0.3, -0.25) is 0 Å². The lowest BCUT2D eigenvalue weighted by Crippen LogP contribution is -1.71. The zero-order valence-corrected chi connectivity index (χ0v) is 6.94. The molecule has 0 aromatic carbocycles. The van der Waals surface area contributed by atoms with Crippen LogP contribution < -0.4 is 0 Å². The molecule has 0 aliphatic heterocycles. The minimum Gasteiger partial charge on any atom is -0.0772 e. The first-order valence-corrected chi connectivity index (χ1v) is 3.71. The predicted molar refractivity (Wildman–Crippen MR) is 45.9 cm³/mol. The number of hydrogen-bond donors (Lipinski definition) is 0. The van der Waals surface area contributed by atoms with E-state index in [1.54, 1.807) is 0 Å². The highest BCUT2D eigenvalue weighted by molar-refractivity contribution is 5.38. The fourth-order valence-corrected chi connectivity index (χ4v) is 1.16. The van der Waals surface area contributed by atoms with Gasteiger partial charge in [-0.25, -0.2) is 0 Å². The van der Waals surface area contributed by atoms with Crippen molar-refractivity contribution in [1.29, 1.82) is 0 Å². The second-order valence-corrected chi connectivity index (χ2v) is 3.09. The van der Waals surface area contributed by atoms with Gasteiger partial charge < -0.3 is 0 Å². The molecule has 0 heterocycles. The van der Waals surface area contributed by atoms with Crippen LogP contribution in [0, 0.1) is 0 Å². The molecule has 0 radical (unpaired) electrons.